The lowest BCUT2D eigenvalue weighted by Gasteiger charge is -2.24. The lowest BCUT2D eigenvalue weighted by atomic mass is 9.77. The van der Waals surface area contributed by atoms with Crippen molar-refractivity contribution in [2.24, 2.45) is 11.8 Å². The summed E-state index contributed by atoms with van der Waals surface area (Å²) in [4.78, 5) is 24.9. The molecule has 2 atom stereocenters. The summed E-state index contributed by atoms with van der Waals surface area (Å²) in [6.45, 7) is 2.00. The van der Waals surface area contributed by atoms with Crippen molar-refractivity contribution in [2.45, 2.75) is 20.0 Å². The highest BCUT2D eigenvalue weighted by Crippen LogP contribution is 2.35. The van der Waals surface area contributed by atoms with E-state index in [2.05, 4.69) is 6.07 Å². The van der Waals surface area contributed by atoms with Crippen LogP contribution in [0.15, 0.2) is 59.2 Å². The average Bonchev–Trinajstić information content (AvgIpc) is 2.76. The molecule has 0 radical (unpaired) electrons. The van der Waals surface area contributed by atoms with Crippen molar-refractivity contribution in [3.8, 4) is 11.8 Å². The maximum absolute atomic E-state index is 12.5. The fourth-order valence-electron chi connectivity index (χ4n) is 3.24. The zero-order valence-corrected chi connectivity index (χ0v) is 14.7. The molecule has 5 nitrogen and oxygen atoms in total. The van der Waals surface area contributed by atoms with Gasteiger partial charge in [0.25, 0.3) is 0 Å². The Balaban J connectivity index is 1.72. The summed E-state index contributed by atoms with van der Waals surface area (Å²) in [6, 6.07) is 9.38. The van der Waals surface area contributed by atoms with Crippen LogP contribution in [0.25, 0.3) is 0 Å². The minimum atomic E-state index is -0.568. The number of allylic oxidation sites excluding steroid dienone is 4. The Bertz CT molecular complexity index is 868. The van der Waals surface area contributed by atoms with E-state index in [-0.39, 0.29) is 12.4 Å². The molecule has 0 aromatic heterocycles. The molecule has 132 valence electrons. The van der Waals surface area contributed by atoms with Gasteiger partial charge in [-0.25, -0.2) is 4.79 Å². The highest BCUT2D eigenvalue weighted by Gasteiger charge is 2.35. The number of ketones is 1. The summed E-state index contributed by atoms with van der Waals surface area (Å²) < 4.78 is 10.5. The van der Waals surface area contributed by atoms with Crippen LogP contribution in [0.5, 0.6) is 5.75 Å². The molecular weight excluding hydrogens is 330 g/mol. The van der Waals surface area contributed by atoms with E-state index in [1.165, 1.54) is 0 Å². The predicted molar refractivity (Wildman–Crippen MR) is 94.9 cm³/mol. The second kappa shape index (κ2) is 7.40. The predicted octanol–water partition coefficient (Wildman–Crippen LogP) is 3.28. The molecule has 0 fully saturated rings. The third-order valence-corrected chi connectivity index (χ3v) is 4.70. The van der Waals surface area contributed by atoms with Gasteiger partial charge in [-0.1, -0.05) is 35.9 Å². The number of nitrogens with zero attached hydrogens (tertiary/aromatic N) is 1. The van der Waals surface area contributed by atoms with Gasteiger partial charge in [0.1, 0.15) is 12.4 Å². The molecule has 2 bridgehead atoms. The number of methoxy groups -OCH3 is 1. The molecule has 26 heavy (non-hydrogen) atoms. The monoisotopic (exact) mass is 349 g/mol. The fourth-order valence-corrected chi connectivity index (χ4v) is 3.24. The van der Waals surface area contributed by atoms with E-state index in [4.69, 9.17) is 9.47 Å². The van der Waals surface area contributed by atoms with Crippen LogP contribution in [0, 0.1) is 23.2 Å². The number of rotatable bonds is 4. The molecule has 2 aliphatic rings. The van der Waals surface area contributed by atoms with Gasteiger partial charge in [-0.2, -0.15) is 5.26 Å². The topological polar surface area (TPSA) is 76.4 Å². The smallest absolute Gasteiger partial charge is 0.338 e. The lowest BCUT2D eigenvalue weighted by molar-refractivity contribution is -0.139. The van der Waals surface area contributed by atoms with Crippen molar-refractivity contribution in [3.63, 3.8) is 0 Å². The van der Waals surface area contributed by atoms with Crippen LogP contribution in [0.2, 0.25) is 0 Å². The van der Waals surface area contributed by atoms with Crippen LogP contribution in [0.4, 0.5) is 0 Å². The second-order valence-electron chi connectivity index (χ2n) is 6.40. The molecule has 0 saturated heterocycles. The highest BCUT2D eigenvalue weighted by atomic mass is 16.5. The first-order valence-electron chi connectivity index (χ1n) is 8.37. The van der Waals surface area contributed by atoms with E-state index < -0.39 is 17.8 Å². The first kappa shape index (κ1) is 17.7. The molecular formula is C21H19NO4. The molecule has 0 saturated carbocycles. The SMILES string of the molecule is COc1ccc(COC(=O)C2=C[C@H]3CC(C)=C(C#N)[C@@H](C=C2)C3=O)cc1. The number of nitriles is 1. The number of esters is 1. The first-order chi connectivity index (χ1) is 12.5. The molecule has 0 spiro atoms. The van der Waals surface area contributed by atoms with Crippen LogP contribution >= 0.6 is 0 Å². The summed E-state index contributed by atoms with van der Waals surface area (Å²) in [5, 5.41) is 9.29. The van der Waals surface area contributed by atoms with E-state index >= 15 is 0 Å². The van der Waals surface area contributed by atoms with E-state index in [0.717, 1.165) is 16.9 Å². The zero-order chi connectivity index (χ0) is 18.7. The van der Waals surface area contributed by atoms with Crippen LogP contribution in [-0.4, -0.2) is 18.9 Å². The number of carbonyl (C=O) groups excluding carboxylic acids is 2. The molecule has 3 rings (SSSR count). The van der Waals surface area contributed by atoms with Crippen molar-refractivity contribution < 1.29 is 19.1 Å². The summed E-state index contributed by atoms with van der Waals surface area (Å²) >= 11 is 0. The standard InChI is InChI=1S/C21H19NO4/c1-13-9-16-10-15(5-8-18(20(16)23)19(13)11-22)21(24)26-12-14-3-6-17(25-2)7-4-14/h3-8,10,16,18H,9,12H2,1-2H3/t16-,18-/m1/s1. The summed E-state index contributed by atoms with van der Waals surface area (Å²) in [6.07, 6.45) is 5.35. The third kappa shape index (κ3) is 3.45. The molecule has 1 aromatic carbocycles. The Morgan fingerprint density at radius 3 is 2.69 bits per heavy atom. The Hall–Kier alpha value is -3.13. The quantitative estimate of drug-likeness (QED) is 0.780. The zero-order valence-electron chi connectivity index (χ0n) is 14.7. The number of Topliss-reactive ketones (excluding diaryl/α,β-unsaturated/α-hetero) is 1. The lowest BCUT2D eigenvalue weighted by Crippen LogP contribution is -2.27. The average molecular weight is 349 g/mol. The number of carbonyl (C=O) groups is 2. The molecule has 1 aromatic rings. The van der Waals surface area contributed by atoms with Gasteiger partial charge in [0.15, 0.2) is 5.78 Å². The highest BCUT2D eigenvalue weighted by molar-refractivity contribution is 5.98. The van der Waals surface area contributed by atoms with Gasteiger partial charge in [-0.3, -0.25) is 4.79 Å². The maximum Gasteiger partial charge on any atom is 0.338 e. The summed E-state index contributed by atoms with van der Waals surface area (Å²) in [5.41, 5.74) is 2.59. The van der Waals surface area contributed by atoms with Gasteiger partial charge in [0, 0.05) is 11.5 Å². The van der Waals surface area contributed by atoms with Gasteiger partial charge < -0.3 is 9.47 Å². The van der Waals surface area contributed by atoms with Gasteiger partial charge in [0.2, 0.25) is 0 Å². The number of fused-ring (bicyclic) bond motifs is 2. The Morgan fingerprint density at radius 2 is 2.04 bits per heavy atom. The molecule has 0 amide bonds. The number of benzene rings is 1. The largest absolute Gasteiger partial charge is 0.497 e. The van der Waals surface area contributed by atoms with Gasteiger partial charge in [0.05, 0.1) is 24.7 Å². The minimum absolute atomic E-state index is 0.0404. The van der Waals surface area contributed by atoms with Crippen molar-refractivity contribution in [3.05, 3.63) is 64.8 Å². The Morgan fingerprint density at radius 1 is 1.31 bits per heavy atom. The van der Waals surface area contributed by atoms with Crippen molar-refractivity contribution >= 4 is 11.8 Å². The third-order valence-electron chi connectivity index (χ3n) is 4.70. The van der Waals surface area contributed by atoms with E-state index in [1.54, 1.807) is 37.5 Å². The van der Waals surface area contributed by atoms with Crippen LogP contribution < -0.4 is 4.74 Å². The van der Waals surface area contributed by atoms with Crippen molar-refractivity contribution in [1.29, 1.82) is 5.26 Å². The maximum atomic E-state index is 12.5. The molecule has 0 heterocycles. The van der Waals surface area contributed by atoms with Gasteiger partial charge >= 0.3 is 5.97 Å². The molecule has 0 aliphatic heterocycles. The molecule has 0 unspecified atom stereocenters. The van der Waals surface area contributed by atoms with Crippen LogP contribution in [0.1, 0.15) is 18.9 Å². The first-order valence-corrected chi connectivity index (χ1v) is 8.37. The second-order valence-corrected chi connectivity index (χ2v) is 6.40. The van der Waals surface area contributed by atoms with Crippen LogP contribution in [0.3, 0.4) is 0 Å². The minimum Gasteiger partial charge on any atom is -0.497 e. The van der Waals surface area contributed by atoms with Crippen molar-refractivity contribution in [2.75, 3.05) is 7.11 Å². The number of hydrogen-bond acceptors (Lipinski definition) is 5. The summed E-state index contributed by atoms with van der Waals surface area (Å²) in [7, 11) is 1.59. The van der Waals surface area contributed by atoms with Gasteiger partial charge in [-0.15, -0.1) is 0 Å². The summed E-state index contributed by atoms with van der Waals surface area (Å²) in [5.74, 6) is -0.746. The van der Waals surface area contributed by atoms with E-state index in [1.807, 2.05) is 19.1 Å². The van der Waals surface area contributed by atoms with Crippen molar-refractivity contribution in [1.82, 2.24) is 0 Å². The molecule has 5 heteroatoms. The number of hydrogen-bond donors (Lipinski definition) is 0. The van der Waals surface area contributed by atoms with Crippen LogP contribution in [-0.2, 0) is 20.9 Å². The Labute approximate surface area is 152 Å². The normalized spacial score (nSPS) is 21.6. The van der Waals surface area contributed by atoms with Gasteiger partial charge in [-0.05, 0) is 31.0 Å². The fraction of sp³-hybridized carbons (Fsp3) is 0.286. The van der Waals surface area contributed by atoms with E-state index in [9.17, 15) is 14.9 Å². The molecule has 2 aliphatic carbocycles. The van der Waals surface area contributed by atoms with E-state index in [0.29, 0.717) is 17.6 Å². The Kier molecular flexibility index (Phi) is 5.04. The molecule has 0 N–H and O–H groups in total. The number of ether oxygens (including phenoxy) is 2.